The number of piperidine rings is 2. The number of anilines is 2. The van der Waals surface area contributed by atoms with Gasteiger partial charge < -0.3 is 40.1 Å². The first-order valence-corrected chi connectivity index (χ1v) is 23.8. The maximum absolute atomic E-state index is 13.9. The highest BCUT2D eigenvalue weighted by molar-refractivity contribution is 7.19. The normalized spacial score (nSPS) is 19.7. The highest BCUT2D eigenvalue weighted by Crippen LogP contribution is 2.38. The number of ether oxygens (including phenoxy) is 2. The number of benzene rings is 2. The Bertz CT molecular complexity index is 2570. The van der Waals surface area contributed by atoms with Crippen LogP contribution in [-0.2, 0) is 40.4 Å². The average Bonchev–Trinajstić information content (AvgIpc) is 3.93. The van der Waals surface area contributed by atoms with Gasteiger partial charge in [-0.05, 0) is 79.1 Å². The predicted octanol–water partition coefficient (Wildman–Crippen LogP) is 5.36. The Morgan fingerprint density at radius 2 is 1.60 bits per heavy atom. The first-order chi connectivity index (χ1) is 31.5. The van der Waals surface area contributed by atoms with E-state index in [9.17, 15) is 19.8 Å². The van der Waals surface area contributed by atoms with Crippen molar-refractivity contribution in [2.45, 2.75) is 77.2 Å². The molecule has 4 N–H and O–H groups in total. The molecule has 0 bridgehead atoms. The minimum Gasteiger partial charge on any atom is -0.508 e. The summed E-state index contributed by atoms with van der Waals surface area (Å²) in [5.74, 6) is 1.58. The minimum absolute atomic E-state index is 0.00211. The number of aromatic hydroxyl groups is 2. The average molecular weight is 903 g/mol. The van der Waals surface area contributed by atoms with Gasteiger partial charge in [-0.15, -0.1) is 11.3 Å². The van der Waals surface area contributed by atoms with Crippen LogP contribution in [0.1, 0.15) is 82.9 Å². The fourth-order valence-corrected chi connectivity index (χ4v) is 11.4. The van der Waals surface area contributed by atoms with Crippen molar-refractivity contribution in [2.24, 2.45) is 5.92 Å². The second-order valence-corrected chi connectivity index (χ2v) is 19.8. The molecule has 4 saturated heterocycles. The van der Waals surface area contributed by atoms with Crippen LogP contribution in [0.3, 0.4) is 0 Å². The van der Waals surface area contributed by atoms with Crippen LogP contribution in [0.5, 0.6) is 11.5 Å². The number of phenolic OH excluding ortho intramolecular Hbond substituents is 2. The smallest absolute Gasteiger partial charge is 0.258 e. The third-order valence-electron chi connectivity index (χ3n) is 14.0. The second-order valence-electron chi connectivity index (χ2n) is 18.7. The SMILES string of the molecule is CC(C)c1cc(C(=O)N2Cc3ccc(CN4CCC(C(=O)N5CCC6(CC5)CN(Cc5cc7nc(-c8cnc(N)nc8)nc(N8CCOCC8)c7s5)CCO6)CC4)cc3C2)c(O)cc1O. The lowest BCUT2D eigenvalue weighted by Crippen LogP contribution is -2.58. The number of hydrogen-bond donors (Lipinski definition) is 3. The molecule has 342 valence electrons. The van der Waals surface area contributed by atoms with E-state index in [4.69, 9.17) is 25.2 Å². The van der Waals surface area contributed by atoms with E-state index in [1.54, 1.807) is 34.7 Å². The summed E-state index contributed by atoms with van der Waals surface area (Å²) in [6.07, 6.45) is 6.69. The maximum Gasteiger partial charge on any atom is 0.258 e. The van der Waals surface area contributed by atoms with Crippen LogP contribution < -0.4 is 10.6 Å². The molecule has 0 saturated carbocycles. The Kier molecular flexibility index (Phi) is 12.1. The number of nitrogens with zero attached hydrogens (tertiary/aromatic N) is 9. The van der Waals surface area contributed by atoms with Gasteiger partial charge in [0.25, 0.3) is 5.91 Å². The van der Waals surface area contributed by atoms with Crippen LogP contribution in [0.4, 0.5) is 11.8 Å². The largest absolute Gasteiger partial charge is 0.508 e. The standard InChI is InChI=1S/C48H58N10O6S/c1-30(2)37-21-38(41(60)22-40(37)59)46(62)58-26-33-4-3-31(19-34(33)27-58)25-54-9-5-32(6-10-54)45(61)57-11-7-48(8-12-57)29-55(13-18-64-48)28-36-20-39-42(65-36)44(56-14-16-63-17-15-56)53-43(52-39)35-23-50-47(49)51-24-35/h3-4,19-24,30,32,59-60H,5-18,25-29H2,1-2H3,(H2,49,50,51). The molecule has 5 aliphatic heterocycles. The summed E-state index contributed by atoms with van der Waals surface area (Å²) in [6, 6.07) is 11.5. The summed E-state index contributed by atoms with van der Waals surface area (Å²) in [5, 5.41) is 20.8. The number of likely N-dealkylation sites (tertiary alicyclic amines) is 2. The molecule has 0 radical (unpaired) electrons. The van der Waals surface area contributed by atoms with Gasteiger partial charge in [-0.25, -0.2) is 19.9 Å². The number of thiophene rings is 1. The number of fused-ring (bicyclic) bond motifs is 2. The van der Waals surface area contributed by atoms with Gasteiger partial charge in [0.1, 0.15) is 11.5 Å². The Hall–Kier alpha value is -5.46. The van der Waals surface area contributed by atoms with Gasteiger partial charge in [0.05, 0.1) is 46.8 Å². The number of nitrogens with two attached hydrogens (primary N) is 1. The van der Waals surface area contributed by atoms with Crippen molar-refractivity contribution in [1.29, 1.82) is 0 Å². The van der Waals surface area contributed by atoms with Crippen molar-refractivity contribution in [2.75, 3.05) is 82.8 Å². The van der Waals surface area contributed by atoms with Crippen LogP contribution in [0.15, 0.2) is 48.8 Å². The van der Waals surface area contributed by atoms with E-state index in [-0.39, 0.29) is 52.3 Å². The molecule has 0 atom stereocenters. The monoisotopic (exact) mass is 902 g/mol. The first-order valence-electron chi connectivity index (χ1n) is 23.0. The zero-order chi connectivity index (χ0) is 44.8. The highest BCUT2D eigenvalue weighted by Gasteiger charge is 2.42. The van der Waals surface area contributed by atoms with Crippen molar-refractivity contribution >= 4 is 45.1 Å². The van der Waals surface area contributed by atoms with Crippen molar-refractivity contribution in [3.8, 4) is 22.9 Å². The van der Waals surface area contributed by atoms with Crippen molar-refractivity contribution in [3.05, 3.63) is 81.5 Å². The van der Waals surface area contributed by atoms with E-state index in [1.807, 2.05) is 13.8 Å². The molecule has 1 spiro atoms. The van der Waals surface area contributed by atoms with Gasteiger partial charge in [-0.3, -0.25) is 19.4 Å². The van der Waals surface area contributed by atoms with E-state index in [0.29, 0.717) is 57.4 Å². The lowest BCUT2D eigenvalue weighted by atomic mass is 9.87. The molecule has 10 rings (SSSR count). The van der Waals surface area contributed by atoms with Crippen LogP contribution in [0, 0.1) is 5.92 Å². The molecule has 16 nitrogen and oxygen atoms in total. The zero-order valence-electron chi connectivity index (χ0n) is 37.2. The molecule has 5 aromatic rings. The molecule has 0 unspecified atom stereocenters. The van der Waals surface area contributed by atoms with Gasteiger partial charge in [0, 0.05) is 94.7 Å². The van der Waals surface area contributed by atoms with Gasteiger partial charge >= 0.3 is 0 Å². The Morgan fingerprint density at radius 3 is 2.35 bits per heavy atom. The number of amides is 2. The quantitative estimate of drug-likeness (QED) is 0.172. The second kappa shape index (κ2) is 18.1. The third-order valence-corrected chi connectivity index (χ3v) is 15.1. The molecular formula is C48H58N10O6S. The van der Waals surface area contributed by atoms with Crippen molar-refractivity contribution in [3.63, 3.8) is 0 Å². The zero-order valence-corrected chi connectivity index (χ0v) is 38.1. The van der Waals surface area contributed by atoms with Crippen molar-refractivity contribution < 1.29 is 29.3 Å². The molecule has 17 heteroatoms. The van der Waals surface area contributed by atoms with E-state index in [2.05, 4.69) is 53.8 Å². The predicted molar refractivity (Wildman–Crippen MR) is 248 cm³/mol. The summed E-state index contributed by atoms with van der Waals surface area (Å²) in [6.45, 7) is 14.8. The van der Waals surface area contributed by atoms with Gasteiger partial charge in [0.2, 0.25) is 11.9 Å². The van der Waals surface area contributed by atoms with Gasteiger partial charge in [-0.2, -0.15) is 0 Å². The lowest BCUT2D eigenvalue weighted by Gasteiger charge is -2.48. The molecular weight excluding hydrogens is 845 g/mol. The number of carbonyl (C=O) groups excluding carboxylic acids is 2. The number of phenols is 2. The van der Waals surface area contributed by atoms with Crippen LogP contribution in [-0.4, -0.2) is 139 Å². The molecule has 0 aliphatic carbocycles. The summed E-state index contributed by atoms with van der Waals surface area (Å²) >= 11 is 1.76. The van der Waals surface area contributed by atoms with E-state index in [1.165, 1.54) is 16.5 Å². The van der Waals surface area contributed by atoms with Crippen LogP contribution in [0.2, 0.25) is 0 Å². The summed E-state index contributed by atoms with van der Waals surface area (Å²) in [5.41, 5.74) is 11.4. The molecule has 5 aliphatic rings. The Labute approximate surface area is 383 Å². The van der Waals surface area contributed by atoms with Crippen LogP contribution >= 0.6 is 11.3 Å². The summed E-state index contributed by atoms with van der Waals surface area (Å²) < 4.78 is 13.3. The van der Waals surface area contributed by atoms with Gasteiger partial charge in [-0.1, -0.05) is 32.0 Å². The fourth-order valence-electron chi connectivity index (χ4n) is 10.3. The maximum atomic E-state index is 13.9. The summed E-state index contributed by atoms with van der Waals surface area (Å²) in [7, 11) is 0. The van der Waals surface area contributed by atoms with Gasteiger partial charge in [0.15, 0.2) is 11.6 Å². The van der Waals surface area contributed by atoms with E-state index in [0.717, 1.165) is 111 Å². The Morgan fingerprint density at radius 1 is 0.846 bits per heavy atom. The fraction of sp³-hybridized carbons (Fsp3) is 0.500. The number of carbonyl (C=O) groups is 2. The molecule has 2 amide bonds. The molecule has 3 aromatic heterocycles. The minimum atomic E-state index is -0.263. The van der Waals surface area contributed by atoms with E-state index < -0.39 is 0 Å². The number of rotatable bonds is 9. The molecule has 8 heterocycles. The number of aromatic nitrogens is 4. The van der Waals surface area contributed by atoms with E-state index >= 15 is 0 Å². The molecule has 2 aromatic carbocycles. The number of morpholine rings is 2. The topological polar surface area (TPSA) is 187 Å². The highest BCUT2D eigenvalue weighted by atomic mass is 32.1. The third kappa shape index (κ3) is 9.08. The molecule has 65 heavy (non-hydrogen) atoms. The van der Waals surface area contributed by atoms with Crippen LogP contribution in [0.25, 0.3) is 21.6 Å². The molecule has 4 fully saturated rings. The number of hydrogen-bond acceptors (Lipinski definition) is 15. The summed E-state index contributed by atoms with van der Waals surface area (Å²) in [4.78, 5) is 58.1. The lowest BCUT2D eigenvalue weighted by molar-refractivity contribution is -0.154. The first kappa shape index (κ1) is 43.4. The van der Waals surface area contributed by atoms with Crippen molar-refractivity contribution in [1.82, 2.24) is 39.5 Å². The Balaban J connectivity index is 0.715. The number of nitrogen functional groups attached to an aromatic ring is 1.